The van der Waals surface area contributed by atoms with Crippen LogP contribution in [0.5, 0.6) is 0 Å². The van der Waals surface area contributed by atoms with Crippen molar-refractivity contribution in [2.45, 2.75) is 24.3 Å². The molecule has 0 bridgehead atoms. The Morgan fingerprint density at radius 3 is 2.94 bits per heavy atom. The average Bonchev–Trinajstić information content (AvgIpc) is 2.77. The number of amides is 1. The number of carbonyl (C=O) groups excluding carboxylic acids is 1. The zero-order valence-corrected chi connectivity index (χ0v) is 10.9. The molecule has 0 fully saturated rings. The highest BCUT2D eigenvalue weighted by Gasteiger charge is 2.16. The van der Waals surface area contributed by atoms with E-state index in [0.29, 0.717) is 5.16 Å². The Labute approximate surface area is 109 Å². The first-order chi connectivity index (χ1) is 8.58. The number of nitrogens with zero attached hydrogens (tertiary/aromatic N) is 4. The minimum absolute atomic E-state index is 0.375. The van der Waals surface area contributed by atoms with Crippen molar-refractivity contribution < 1.29 is 4.79 Å². The van der Waals surface area contributed by atoms with Gasteiger partial charge in [-0.3, -0.25) is 4.79 Å². The first-order valence-electron chi connectivity index (χ1n) is 5.39. The fourth-order valence-electron chi connectivity index (χ4n) is 1.39. The highest BCUT2D eigenvalue weighted by Crippen LogP contribution is 2.22. The van der Waals surface area contributed by atoms with Crippen LogP contribution in [0.15, 0.2) is 29.4 Å². The number of hydrogen-bond donors (Lipinski definition) is 1. The lowest BCUT2D eigenvalue weighted by Crippen LogP contribution is -2.23. The van der Waals surface area contributed by atoms with Crippen molar-refractivity contribution in [3.05, 3.63) is 29.8 Å². The molecular formula is C11H13N5OS. The highest BCUT2D eigenvalue weighted by atomic mass is 32.2. The molecule has 94 valence electrons. The molecule has 1 aromatic carbocycles. The third-order valence-electron chi connectivity index (χ3n) is 2.37. The number of aromatic nitrogens is 4. The Hall–Kier alpha value is -1.89. The minimum atomic E-state index is -0.390. The number of primary amides is 1. The summed E-state index contributed by atoms with van der Waals surface area (Å²) in [5.41, 5.74) is 7.20. The van der Waals surface area contributed by atoms with E-state index in [1.807, 2.05) is 31.2 Å². The number of aryl methyl sites for hydroxylation is 1. The Balaban J connectivity index is 2.30. The van der Waals surface area contributed by atoms with E-state index >= 15 is 0 Å². The second-order valence-electron chi connectivity index (χ2n) is 3.87. The van der Waals surface area contributed by atoms with Gasteiger partial charge in [0.15, 0.2) is 0 Å². The van der Waals surface area contributed by atoms with E-state index in [2.05, 4.69) is 15.5 Å². The molecule has 2 rings (SSSR count). The van der Waals surface area contributed by atoms with Crippen LogP contribution in [0.25, 0.3) is 5.69 Å². The van der Waals surface area contributed by atoms with Gasteiger partial charge in [-0.1, -0.05) is 23.9 Å². The van der Waals surface area contributed by atoms with Crippen molar-refractivity contribution in [3.63, 3.8) is 0 Å². The minimum Gasteiger partial charge on any atom is -0.369 e. The normalized spacial score (nSPS) is 12.3. The van der Waals surface area contributed by atoms with Crippen LogP contribution >= 0.6 is 11.8 Å². The van der Waals surface area contributed by atoms with Crippen LogP contribution < -0.4 is 5.73 Å². The molecule has 6 nitrogen and oxygen atoms in total. The topological polar surface area (TPSA) is 86.7 Å². The molecule has 1 atom stereocenters. The van der Waals surface area contributed by atoms with Crippen molar-refractivity contribution in [1.82, 2.24) is 20.2 Å². The number of thioether (sulfide) groups is 1. The van der Waals surface area contributed by atoms with Gasteiger partial charge in [-0.15, -0.1) is 5.10 Å². The van der Waals surface area contributed by atoms with E-state index in [0.717, 1.165) is 11.3 Å². The predicted octanol–water partition coefficient (Wildman–Crippen LogP) is 0.937. The number of nitrogens with two attached hydrogens (primary N) is 1. The lowest BCUT2D eigenvalue weighted by molar-refractivity contribution is -0.117. The van der Waals surface area contributed by atoms with Crippen LogP contribution in [-0.2, 0) is 4.79 Å². The van der Waals surface area contributed by atoms with Gasteiger partial charge in [-0.2, -0.15) is 4.68 Å². The third kappa shape index (κ3) is 2.67. The number of benzene rings is 1. The van der Waals surface area contributed by atoms with Gasteiger partial charge in [-0.25, -0.2) is 0 Å². The summed E-state index contributed by atoms with van der Waals surface area (Å²) in [6, 6.07) is 7.79. The van der Waals surface area contributed by atoms with Crippen LogP contribution in [0, 0.1) is 6.92 Å². The number of tetrazole rings is 1. The summed E-state index contributed by atoms with van der Waals surface area (Å²) in [6.45, 7) is 3.72. The summed E-state index contributed by atoms with van der Waals surface area (Å²) in [5, 5.41) is 11.6. The van der Waals surface area contributed by atoms with E-state index in [1.165, 1.54) is 11.8 Å². The van der Waals surface area contributed by atoms with Gasteiger partial charge in [-0.05, 0) is 42.0 Å². The van der Waals surface area contributed by atoms with Crippen LogP contribution in [0.2, 0.25) is 0 Å². The molecule has 0 aliphatic carbocycles. The molecular weight excluding hydrogens is 250 g/mol. The maximum Gasteiger partial charge on any atom is 0.230 e. The lowest BCUT2D eigenvalue weighted by Gasteiger charge is -2.07. The molecule has 1 aromatic heterocycles. The molecule has 2 N–H and O–H groups in total. The summed E-state index contributed by atoms with van der Waals surface area (Å²) < 4.78 is 1.59. The quantitative estimate of drug-likeness (QED) is 0.829. The van der Waals surface area contributed by atoms with Gasteiger partial charge in [0.2, 0.25) is 11.1 Å². The molecule has 0 aliphatic rings. The Morgan fingerprint density at radius 2 is 2.28 bits per heavy atom. The van der Waals surface area contributed by atoms with Gasteiger partial charge in [0.25, 0.3) is 0 Å². The van der Waals surface area contributed by atoms with Gasteiger partial charge in [0.05, 0.1) is 10.9 Å². The van der Waals surface area contributed by atoms with Gasteiger partial charge < -0.3 is 5.73 Å². The fourth-order valence-corrected chi connectivity index (χ4v) is 2.15. The van der Waals surface area contributed by atoms with Crippen LogP contribution in [0.1, 0.15) is 12.5 Å². The van der Waals surface area contributed by atoms with Crippen molar-refractivity contribution in [2.75, 3.05) is 0 Å². The van der Waals surface area contributed by atoms with E-state index in [1.54, 1.807) is 11.6 Å². The van der Waals surface area contributed by atoms with Crippen molar-refractivity contribution in [3.8, 4) is 5.69 Å². The molecule has 0 saturated carbocycles. The van der Waals surface area contributed by atoms with Crippen LogP contribution in [-0.4, -0.2) is 31.4 Å². The monoisotopic (exact) mass is 263 g/mol. The van der Waals surface area contributed by atoms with Crippen LogP contribution in [0.3, 0.4) is 0 Å². The molecule has 0 radical (unpaired) electrons. The zero-order chi connectivity index (χ0) is 13.1. The molecule has 0 spiro atoms. The average molecular weight is 263 g/mol. The first kappa shape index (κ1) is 12.6. The molecule has 1 heterocycles. The maximum absolute atomic E-state index is 11.1. The van der Waals surface area contributed by atoms with E-state index in [9.17, 15) is 4.79 Å². The molecule has 2 aromatic rings. The smallest absolute Gasteiger partial charge is 0.230 e. The SMILES string of the molecule is Cc1cccc(-n2nnnc2SC(C)C(N)=O)c1. The second kappa shape index (κ2) is 5.18. The maximum atomic E-state index is 11.1. The zero-order valence-electron chi connectivity index (χ0n) is 10.1. The Bertz CT molecular complexity index is 568. The largest absolute Gasteiger partial charge is 0.369 e. The van der Waals surface area contributed by atoms with Gasteiger partial charge in [0.1, 0.15) is 0 Å². The highest BCUT2D eigenvalue weighted by molar-refractivity contribution is 8.00. The Kier molecular flexibility index (Phi) is 3.61. The van der Waals surface area contributed by atoms with Gasteiger partial charge in [0, 0.05) is 0 Å². The van der Waals surface area contributed by atoms with Gasteiger partial charge >= 0.3 is 0 Å². The summed E-state index contributed by atoms with van der Waals surface area (Å²) >= 11 is 1.24. The first-order valence-corrected chi connectivity index (χ1v) is 6.27. The summed E-state index contributed by atoms with van der Waals surface area (Å²) in [4.78, 5) is 11.1. The van der Waals surface area contributed by atoms with Crippen molar-refractivity contribution in [2.24, 2.45) is 5.73 Å². The van der Waals surface area contributed by atoms with Crippen LogP contribution in [0.4, 0.5) is 0 Å². The summed E-state index contributed by atoms with van der Waals surface area (Å²) in [6.07, 6.45) is 0. The van der Waals surface area contributed by atoms with Crippen molar-refractivity contribution in [1.29, 1.82) is 0 Å². The second-order valence-corrected chi connectivity index (χ2v) is 5.18. The number of hydrogen-bond acceptors (Lipinski definition) is 5. The Morgan fingerprint density at radius 1 is 1.50 bits per heavy atom. The molecule has 7 heteroatoms. The molecule has 0 saturated heterocycles. The fraction of sp³-hybridized carbons (Fsp3) is 0.273. The van der Waals surface area contributed by atoms with E-state index in [-0.39, 0.29) is 5.25 Å². The van der Waals surface area contributed by atoms with E-state index in [4.69, 9.17) is 5.73 Å². The third-order valence-corrected chi connectivity index (χ3v) is 3.42. The summed E-state index contributed by atoms with van der Waals surface area (Å²) in [5.74, 6) is -0.390. The van der Waals surface area contributed by atoms with E-state index < -0.39 is 5.91 Å². The molecule has 0 aliphatic heterocycles. The predicted molar refractivity (Wildman–Crippen MR) is 68.4 cm³/mol. The molecule has 1 unspecified atom stereocenters. The number of carbonyl (C=O) groups is 1. The molecule has 18 heavy (non-hydrogen) atoms. The van der Waals surface area contributed by atoms with Crippen molar-refractivity contribution >= 4 is 17.7 Å². The summed E-state index contributed by atoms with van der Waals surface area (Å²) in [7, 11) is 0. The molecule has 1 amide bonds. The number of rotatable bonds is 4. The standard InChI is InChI=1S/C11H13N5OS/c1-7-4-3-5-9(6-7)16-11(13-14-15-16)18-8(2)10(12)17/h3-6,8H,1-2H3,(H2,12,17). The lowest BCUT2D eigenvalue weighted by atomic mass is 10.2.